The maximum absolute atomic E-state index is 11.2. The summed E-state index contributed by atoms with van der Waals surface area (Å²) in [7, 11) is 1.66. The Labute approximate surface area is 108 Å². The molecule has 2 aromatic rings. The second kappa shape index (κ2) is 5.67. The molecule has 0 aliphatic rings. The summed E-state index contributed by atoms with van der Waals surface area (Å²) in [5.74, 6) is 0.586. The lowest BCUT2D eigenvalue weighted by Crippen LogP contribution is -2.12. The van der Waals surface area contributed by atoms with Gasteiger partial charge in [-0.05, 0) is 24.2 Å². The van der Waals surface area contributed by atoms with Gasteiger partial charge in [0, 0.05) is 19.8 Å². The Morgan fingerprint density at radius 2 is 2.39 bits per heavy atom. The Balaban J connectivity index is 2.14. The molecule has 2 N–H and O–H groups in total. The number of anilines is 1. The summed E-state index contributed by atoms with van der Waals surface area (Å²) in [6.07, 6.45) is 2.69. The second-order valence-electron chi connectivity index (χ2n) is 3.62. The molecule has 2 aromatic heterocycles. The van der Waals surface area contributed by atoms with E-state index in [1.807, 2.05) is 0 Å². The van der Waals surface area contributed by atoms with E-state index in [0.717, 1.165) is 18.0 Å². The fourth-order valence-corrected chi connectivity index (χ4v) is 2.00. The van der Waals surface area contributed by atoms with Crippen LogP contribution in [0.3, 0.4) is 0 Å². The maximum Gasteiger partial charge on any atom is 0.343 e. The van der Waals surface area contributed by atoms with Crippen LogP contribution >= 0.6 is 11.8 Å². The van der Waals surface area contributed by atoms with E-state index in [0.29, 0.717) is 11.1 Å². The second-order valence-corrected chi connectivity index (χ2v) is 4.61. The smallest absolute Gasteiger partial charge is 0.343 e. The van der Waals surface area contributed by atoms with Crippen molar-refractivity contribution in [3.8, 4) is 0 Å². The van der Waals surface area contributed by atoms with Gasteiger partial charge in [0.1, 0.15) is 5.03 Å². The Hall–Kier alpha value is -1.83. The van der Waals surface area contributed by atoms with Gasteiger partial charge in [-0.3, -0.25) is 4.57 Å². The summed E-state index contributed by atoms with van der Waals surface area (Å²) in [6.45, 7) is 2.90. The molecule has 96 valence electrons. The summed E-state index contributed by atoms with van der Waals surface area (Å²) in [5.41, 5.74) is -0.240. The van der Waals surface area contributed by atoms with Crippen molar-refractivity contribution in [3.63, 3.8) is 0 Å². The normalized spacial score (nSPS) is 10.6. The molecule has 0 aliphatic carbocycles. The Morgan fingerprint density at radius 3 is 3.06 bits per heavy atom. The zero-order valence-electron chi connectivity index (χ0n) is 10.2. The monoisotopic (exact) mass is 266 g/mol. The van der Waals surface area contributed by atoms with E-state index >= 15 is 0 Å². The number of nitrogens with zero attached hydrogens (tertiary/aromatic N) is 4. The van der Waals surface area contributed by atoms with Crippen molar-refractivity contribution in [1.82, 2.24) is 24.7 Å². The van der Waals surface area contributed by atoms with E-state index in [2.05, 4.69) is 32.4 Å². The summed E-state index contributed by atoms with van der Waals surface area (Å²) in [5, 5.41) is 10.7. The van der Waals surface area contributed by atoms with Gasteiger partial charge in [-0.25, -0.2) is 19.9 Å². The van der Waals surface area contributed by atoms with Gasteiger partial charge in [0.25, 0.3) is 0 Å². The highest BCUT2D eigenvalue weighted by Crippen LogP contribution is 2.22. The largest absolute Gasteiger partial charge is 0.354 e. The van der Waals surface area contributed by atoms with E-state index in [-0.39, 0.29) is 5.69 Å². The van der Waals surface area contributed by atoms with Crippen LogP contribution in [0.5, 0.6) is 0 Å². The lowest BCUT2D eigenvalue weighted by atomic mass is 10.5. The van der Waals surface area contributed by atoms with E-state index in [9.17, 15) is 4.79 Å². The third-order valence-corrected chi connectivity index (χ3v) is 3.18. The zero-order valence-corrected chi connectivity index (χ0v) is 11.0. The molecular weight excluding hydrogens is 252 g/mol. The molecule has 0 radical (unpaired) electrons. The first-order valence-corrected chi connectivity index (χ1v) is 6.38. The maximum atomic E-state index is 11.2. The van der Waals surface area contributed by atoms with E-state index in [1.165, 1.54) is 16.3 Å². The molecule has 0 bridgehead atoms. The van der Waals surface area contributed by atoms with Crippen molar-refractivity contribution in [3.05, 3.63) is 22.7 Å². The molecule has 18 heavy (non-hydrogen) atoms. The molecule has 7 nitrogen and oxygen atoms in total. The van der Waals surface area contributed by atoms with Gasteiger partial charge >= 0.3 is 5.69 Å². The van der Waals surface area contributed by atoms with Crippen molar-refractivity contribution in [1.29, 1.82) is 0 Å². The van der Waals surface area contributed by atoms with Crippen LogP contribution in [0.25, 0.3) is 0 Å². The summed E-state index contributed by atoms with van der Waals surface area (Å²) in [4.78, 5) is 19.7. The first-order chi connectivity index (χ1) is 8.70. The summed E-state index contributed by atoms with van der Waals surface area (Å²) < 4.78 is 1.44. The first kappa shape index (κ1) is 12.6. The summed E-state index contributed by atoms with van der Waals surface area (Å²) in [6, 6.07) is 1.78. The Morgan fingerprint density at radius 1 is 1.56 bits per heavy atom. The van der Waals surface area contributed by atoms with Gasteiger partial charge < -0.3 is 5.32 Å². The van der Waals surface area contributed by atoms with Gasteiger partial charge in [-0.2, -0.15) is 0 Å². The quantitative estimate of drug-likeness (QED) is 0.781. The van der Waals surface area contributed by atoms with Gasteiger partial charge in [0.05, 0.1) is 0 Å². The highest BCUT2D eigenvalue weighted by Gasteiger charge is 2.08. The highest BCUT2D eigenvalue weighted by atomic mass is 32.2. The molecule has 0 fully saturated rings. The number of nitrogens with one attached hydrogen (secondary N) is 2. The SMILES string of the molecule is CCCNc1nccc(Sc2n[nH]c(=O)n2C)n1. The Bertz CT molecular complexity index is 578. The van der Waals surface area contributed by atoms with E-state index in [1.54, 1.807) is 19.3 Å². The molecular formula is C10H14N6OS. The summed E-state index contributed by atoms with van der Waals surface area (Å²) >= 11 is 1.31. The van der Waals surface area contributed by atoms with Crippen molar-refractivity contribution in [2.75, 3.05) is 11.9 Å². The van der Waals surface area contributed by atoms with Gasteiger partial charge in [-0.15, -0.1) is 5.10 Å². The van der Waals surface area contributed by atoms with Crippen LogP contribution in [0.15, 0.2) is 27.2 Å². The predicted molar refractivity (Wildman–Crippen MR) is 68.8 cm³/mol. The van der Waals surface area contributed by atoms with E-state index < -0.39 is 0 Å². The van der Waals surface area contributed by atoms with Crippen molar-refractivity contribution < 1.29 is 0 Å². The molecule has 0 atom stereocenters. The molecule has 2 rings (SSSR count). The molecule has 0 saturated heterocycles. The number of hydrogen-bond acceptors (Lipinski definition) is 6. The minimum Gasteiger partial charge on any atom is -0.354 e. The van der Waals surface area contributed by atoms with Crippen LogP contribution in [-0.2, 0) is 7.05 Å². The zero-order chi connectivity index (χ0) is 13.0. The van der Waals surface area contributed by atoms with Crippen LogP contribution in [0.2, 0.25) is 0 Å². The molecule has 0 spiro atoms. The van der Waals surface area contributed by atoms with Crippen LogP contribution in [0.1, 0.15) is 13.3 Å². The third kappa shape index (κ3) is 2.89. The predicted octanol–water partition coefficient (Wildman–Crippen LogP) is 0.871. The average Bonchev–Trinajstić information content (AvgIpc) is 2.69. The van der Waals surface area contributed by atoms with Crippen LogP contribution in [0, 0.1) is 0 Å². The fraction of sp³-hybridized carbons (Fsp3) is 0.400. The molecule has 0 aliphatic heterocycles. The third-order valence-electron chi connectivity index (χ3n) is 2.20. The number of aromatic amines is 1. The minimum atomic E-state index is -0.240. The van der Waals surface area contributed by atoms with Crippen LogP contribution < -0.4 is 11.0 Å². The number of hydrogen-bond donors (Lipinski definition) is 2. The highest BCUT2D eigenvalue weighted by molar-refractivity contribution is 7.99. The lowest BCUT2D eigenvalue weighted by molar-refractivity contribution is 0.764. The molecule has 2 heterocycles. The van der Waals surface area contributed by atoms with Gasteiger partial charge in [-0.1, -0.05) is 6.92 Å². The fourth-order valence-electron chi connectivity index (χ4n) is 1.24. The molecule has 0 saturated carbocycles. The number of H-pyrrole nitrogens is 1. The average molecular weight is 266 g/mol. The molecule has 0 amide bonds. The van der Waals surface area contributed by atoms with Gasteiger partial charge in [0.2, 0.25) is 5.95 Å². The minimum absolute atomic E-state index is 0.240. The number of rotatable bonds is 5. The van der Waals surface area contributed by atoms with Crippen molar-refractivity contribution >= 4 is 17.7 Å². The molecule has 8 heteroatoms. The lowest BCUT2D eigenvalue weighted by Gasteiger charge is -2.04. The van der Waals surface area contributed by atoms with Crippen molar-refractivity contribution in [2.45, 2.75) is 23.5 Å². The molecule has 0 unspecified atom stereocenters. The first-order valence-electron chi connectivity index (χ1n) is 5.57. The Kier molecular flexibility index (Phi) is 3.98. The van der Waals surface area contributed by atoms with E-state index in [4.69, 9.17) is 0 Å². The van der Waals surface area contributed by atoms with Crippen LogP contribution in [-0.4, -0.2) is 31.3 Å². The standard InChI is InChI=1S/C10H14N6OS/c1-3-5-11-8-12-6-4-7(13-8)18-10-15-14-9(17)16(10)2/h4,6H,3,5H2,1-2H3,(H,14,17)(H,11,12,13). The number of aromatic nitrogens is 5. The van der Waals surface area contributed by atoms with Gasteiger partial charge in [0.15, 0.2) is 5.16 Å². The topological polar surface area (TPSA) is 88.5 Å². The van der Waals surface area contributed by atoms with Crippen molar-refractivity contribution in [2.24, 2.45) is 7.05 Å². The van der Waals surface area contributed by atoms with Crippen LogP contribution in [0.4, 0.5) is 5.95 Å². The molecule has 0 aromatic carbocycles.